The Labute approximate surface area is 152 Å². The molecule has 0 saturated carbocycles. The van der Waals surface area contributed by atoms with Gasteiger partial charge in [-0.3, -0.25) is 4.79 Å². The first-order chi connectivity index (χ1) is 11.1. The number of nitrogens with zero attached hydrogens (tertiary/aromatic N) is 1. The van der Waals surface area contributed by atoms with Crippen LogP contribution in [0, 0.1) is 13.8 Å². The lowest BCUT2D eigenvalue weighted by molar-refractivity contribution is -0.117. The third-order valence-corrected chi connectivity index (χ3v) is 4.74. The van der Waals surface area contributed by atoms with Crippen LogP contribution in [0.15, 0.2) is 23.6 Å². The van der Waals surface area contributed by atoms with E-state index < -0.39 is 0 Å². The van der Waals surface area contributed by atoms with E-state index in [-0.39, 0.29) is 24.4 Å². The summed E-state index contributed by atoms with van der Waals surface area (Å²) in [4.78, 5) is 16.6. The monoisotopic (exact) mass is 367 g/mol. The van der Waals surface area contributed by atoms with Gasteiger partial charge >= 0.3 is 0 Å². The largest absolute Gasteiger partial charge is 0.378 e. The third-order valence-electron chi connectivity index (χ3n) is 3.98. The normalized spacial score (nSPS) is 17.2. The number of thiazole rings is 1. The fraction of sp³-hybridized carbons (Fsp3) is 0.412. The summed E-state index contributed by atoms with van der Waals surface area (Å²) in [5.41, 5.74) is 4.48. The maximum Gasteiger partial charge on any atom is 0.227 e. The molecule has 1 aromatic heterocycles. The van der Waals surface area contributed by atoms with Crippen LogP contribution in [0.4, 0.5) is 5.13 Å². The Morgan fingerprint density at radius 3 is 2.96 bits per heavy atom. The number of amides is 1. The molecule has 0 radical (unpaired) electrons. The number of aryl methyl sites for hydroxylation is 2. The van der Waals surface area contributed by atoms with Gasteiger partial charge < -0.3 is 15.4 Å². The maximum absolute atomic E-state index is 12.1. The summed E-state index contributed by atoms with van der Waals surface area (Å²) in [7, 11) is 0. The van der Waals surface area contributed by atoms with Crippen molar-refractivity contribution in [2.75, 3.05) is 25.1 Å². The summed E-state index contributed by atoms with van der Waals surface area (Å²) in [6.07, 6.45) is 0.401. The Morgan fingerprint density at radius 2 is 2.25 bits per heavy atom. The first-order valence-corrected chi connectivity index (χ1v) is 8.64. The molecule has 5 nitrogen and oxygen atoms in total. The van der Waals surface area contributed by atoms with Crippen molar-refractivity contribution in [1.29, 1.82) is 0 Å². The number of anilines is 1. The van der Waals surface area contributed by atoms with E-state index in [1.54, 1.807) is 0 Å². The third kappa shape index (κ3) is 4.77. The van der Waals surface area contributed by atoms with Crippen molar-refractivity contribution in [3.63, 3.8) is 0 Å². The Kier molecular flexibility index (Phi) is 6.74. The Hall–Kier alpha value is -1.47. The van der Waals surface area contributed by atoms with Crippen molar-refractivity contribution in [3.8, 4) is 11.3 Å². The van der Waals surface area contributed by atoms with Gasteiger partial charge in [0.05, 0.1) is 18.9 Å². The zero-order valence-electron chi connectivity index (χ0n) is 13.8. The molecule has 1 aliphatic rings. The van der Waals surface area contributed by atoms with E-state index in [9.17, 15) is 4.79 Å². The van der Waals surface area contributed by atoms with Crippen molar-refractivity contribution in [1.82, 2.24) is 10.3 Å². The van der Waals surface area contributed by atoms with Crippen LogP contribution in [0.5, 0.6) is 0 Å². The van der Waals surface area contributed by atoms with Gasteiger partial charge in [-0.05, 0) is 31.0 Å². The van der Waals surface area contributed by atoms with Crippen molar-refractivity contribution < 1.29 is 9.53 Å². The zero-order chi connectivity index (χ0) is 16.2. The maximum atomic E-state index is 12.1. The molecule has 2 heterocycles. The number of hydrogen-bond donors (Lipinski definition) is 2. The van der Waals surface area contributed by atoms with Gasteiger partial charge in [0.25, 0.3) is 0 Å². The molecule has 1 unspecified atom stereocenters. The first kappa shape index (κ1) is 18.9. The van der Waals surface area contributed by atoms with E-state index in [1.165, 1.54) is 22.5 Å². The predicted octanol–water partition coefficient (Wildman–Crippen LogP) is 3.17. The fourth-order valence-corrected chi connectivity index (χ4v) is 3.25. The molecule has 0 spiro atoms. The summed E-state index contributed by atoms with van der Waals surface area (Å²) >= 11 is 1.45. The summed E-state index contributed by atoms with van der Waals surface area (Å²) in [6.45, 7) is 6.27. The van der Waals surface area contributed by atoms with E-state index in [1.807, 2.05) is 5.38 Å². The van der Waals surface area contributed by atoms with E-state index in [0.29, 0.717) is 24.8 Å². The lowest BCUT2D eigenvalue weighted by Gasteiger charge is -2.22. The lowest BCUT2D eigenvalue weighted by atomic mass is 10.1. The molecule has 2 aromatic rings. The Bertz CT molecular complexity index is 699. The minimum atomic E-state index is -0.0333. The number of halogens is 1. The molecule has 1 fully saturated rings. The number of morpholine rings is 1. The highest BCUT2D eigenvalue weighted by Gasteiger charge is 2.17. The minimum Gasteiger partial charge on any atom is -0.378 e. The van der Waals surface area contributed by atoms with Crippen molar-refractivity contribution >= 4 is 34.8 Å². The number of carbonyl (C=O) groups is 1. The molecule has 1 saturated heterocycles. The van der Waals surface area contributed by atoms with Gasteiger partial charge in [-0.1, -0.05) is 12.1 Å². The Morgan fingerprint density at radius 1 is 1.42 bits per heavy atom. The highest BCUT2D eigenvalue weighted by Crippen LogP contribution is 2.26. The van der Waals surface area contributed by atoms with Crippen LogP contribution in [-0.2, 0) is 9.53 Å². The number of benzene rings is 1. The summed E-state index contributed by atoms with van der Waals surface area (Å²) in [5, 5.41) is 8.77. The molecule has 0 bridgehead atoms. The number of rotatable bonds is 4. The van der Waals surface area contributed by atoms with Gasteiger partial charge in [0.15, 0.2) is 5.13 Å². The molecule has 1 amide bonds. The summed E-state index contributed by atoms with van der Waals surface area (Å²) < 4.78 is 5.36. The van der Waals surface area contributed by atoms with Crippen LogP contribution in [0.25, 0.3) is 11.3 Å². The molecular weight excluding hydrogens is 346 g/mol. The molecule has 3 rings (SSSR count). The molecular formula is C17H22ClN3O2S. The Balaban J connectivity index is 0.00000208. The lowest BCUT2D eigenvalue weighted by Crippen LogP contribution is -2.43. The van der Waals surface area contributed by atoms with E-state index in [4.69, 9.17) is 4.74 Å². The minimum absolute atomic E-state index is 0. The van der Waals surface area contributed by atoms with Gasteiger partial charge in [-0.25, -0.2) is 4.98 Å². The first-order valence-electron chi connectivity index (χ1n) is 7.76. The van der Waals surface area contributed by atoms with Crippen LogP contribution in [0.1, 0.15) is 17.5 Å². The average molecular weight is 368 g/mol. The quantitative estimate of drug-likeness (QED) is 0.871. The van der Waals surface area contributed by atoms with Crippen LogP contribution >= 0.6 is 23.7 Å². The van der Waals surface area contributed by atoms with E-state index in [2.05, 4.69) is 47.7 Å². The van der Waals surface area contributed by atoms with Crippen LogP contribution in [0.3, 0.4) is 0 Å². The van der Waals surface area contributed by atoms with Gasteiger partial charge in [0.1, 0.15) is 0 Å². The molecule has 130 valence electrons. The average Bonchev–Trinajstić information content (AvgIpc) is 2.99. The van der Waals surface area contributed by atoms with Crippen molar-refractivity contribution in [3.05, 3.63) is 34.7 Å². The molecule has 0 aliphatic carbocycles. The number of nitrogens with one attached hydrogen (secondary N) is 2. The molecule has 1 aromatic carbocycles. The molecule has 2 N–H and O–H groups in total. The van der Waals surface area contributed by atoms with Gasteiger partial charge in [-0.2, -0.15) is 0 Å². The SMILES string of the molecule is Cc1ccc(-c2csc(NC(=O)CC3COCCN3)n2)cc1C.Cl. The smallest absolute Gasteiger partial charge is 0.227 e. The standard InChI is InChI=1S/C17H21N3O2S.ClH/c1-11-3-4-13(7-12(11)2)15-10-23-17(19-15)20-16(21)8-14-9-22-6-5-18-14;/h3-4,7,10,14,18H,5-6,8-9H2,1-2H3,(H,19,20,21);1H. The highest BCUT2D eigenvalue weighted by molar-refractivity contribution is 7.14. The van der Waals surface area contributed by atoms with Gasteiger partial charge in [0.2, 0.25) is 5.91 Å². The number of hydrogen-bond acceptors (Lipinski definition) is 5. The van der Waals surface area contributed by atoms with Crippen LogP contribution in [-0.4, -0.2) is 36.7 Å². The molecule has 1 atom stereocenters. The van der Waals surface area contributed by atoms with E-state index in [0.717, 1.165) is 17.8 Å². The zero-order valence-corrected chi connectivity index (χ0v) is 15.4. The molecule has 7 heteroatoms. The number of aromatic nitrogens is 1. The van der Waals surface area contributed by atoms with Crippen LogP contribution < -0.4 is 10.6 Å². The molecule has 24 heavy (non-hydrogen) atoms. The van der Waals surface area contributed by atoms with Crippen LogP contribution in [0.2, 0.25) is 0 Å². The topological polar surface area (TPSA) is 63.2 Å². The molecule has 1 aliphatic heterocycles. The van der Waals surface area contributed by atoms with Gasteiger partial charge in [0, 0.05) is 30.0 Å². The summed E-state index contributed by atoms with van der Waals surface area (Å²) in [6, 6.07) is 6.37. The van der Waals surface area contributed by atoms with Crippen molar-refractivity contribution in [2.24, 2.45) is 0 Å². The van der Waals surface area contributed by atoms with Crippen molar-refractivity contribution in [2.45, 2.75) is 26.3 Å². The second kappa shape index (κ2) is 8.58. The van der Waals surface area contributed by atoms with Gasteiger partial charge in [-0.15, -0.1) is 23.7 Å². The summed E-state index contributed by atoms with van der Waals surface area (Å²) in [5.74, 6) is -0.0333. The number of ether oxygens (including phenoxy) is 1. The predicted molar refractivity (Wildman–Crippen MR) is 100 cm³/mol. The fourth-order valence-electron chi connectivity index (χ4n) is 2.51. The second-order valence-corrected chi connectivity index (χ2v) is 6.67. The highest BCUT2D eigenvalue weighted by atomic mass is 35.5. The van der Waals surface area contributed by atoms with E-state index >= 15 is 0 Å². The second-order valence-electron chi connectivity index (χ2n) is 5.82. The number of carbonyl (C=O) groups excluding carboxylic acids is 1.